The van der Waals surface area contributed by atoms with E-state index < -0.39 is 0 Å². The van der Waals surface area contributed by atoms with Crippen molar-refractivity contribution in [3.8, 4) is 0 Å². The fraction of sp³-hybridized carbons (Fsp3) is 0.643. The maximum absolute atomic E-state index is 9.92. The normalized spacial score (nSPS) is 32.6. The summed E-state index contributed by atoms with van der Waals surface area (Å²) in [4.78, 5) is 6.79. The molecule has 2 aliphatic rings. The van der Waals surface area contributed by atoms with E-state index in [2.05, 4.69) is 16.0 Å². The van der Waals surface area contributed by atoms with E-state index in [-0.39, 0.29) is 12.1 Å². The van der Waals surface area contributed by atoms with Crippen LogP contribution in [-0.2, 0) is 0 Å². The Bertz CT molecular complexity index is 418. The first-order chi connectivity index (χ1) is 8.65. The fourth-order valence-electron chi connectivity index (χ4n) is 3.28. The number of hydrogen-bond acceptors (Lipinski definition) is 4. The second-order valence-electron chi connectivity index (χ2n) is 5.71. The lowest BCUT2D eigenvalue weighted by Crippen LogP contribution is -2.25. The summed E-state index contributed by atoms with van der Waals surface area (Å²) in [5.74, 6) is 2.11. The van der Waals surface area contributed by atoms with Crippen molar-refractivity contribution in [1.82, 2.24) is 4.98 Å². The number of fused-ring (bicyclic) bond motifs is 1. The first-order valence-electron chi connectivity index (χ1n) is 6.79. The summed E-state index contributed by atoms with van der Waals surface area (Å²) < 4.78 is 0. The molecule has 0 amide bonds. The molecule has 98 valence electrons. The minimum absolute atomic E-state index is 0.0336. The summed E-state index contributed by atoms with van der Waals surface area (Å²) in [5.41, 5.74) is 6.89. The third-order valence-electron chi connectivity index (χ3n) is 4.44. The molecule has 1 aliphatic carbocycles. The van der Waals surface area contributed by atoms with Gasteiger partial charge in [-0.15, -0.1) is 0 Å². The Morgan fingerprint density at radius 3 is 2.83 bits per heavy atom. The lowest BCUT2D eigenvalue weighted by Gasteiger charge is -2.19. The number of nitrogens with two attached hydrogens (primary N) is 1. The zero-order chi connectivity index (χ0) is 12.7. The van der Waals surface area contributed by atoms with Crippen LogP contribution in [0.15, 0.2) is 18.3 Å². The van der Waals surface area contributed by atoms with Gasteiger partial charge in [0.15, 0.2) is 0 Å². The van der Waals surface area contributed by atoms with E-state index in [1.54, 1.807) is 0 Å². The van der Waals surface area contributed by atoms with E-state index in [9.17, 15) is 5.11 Å². The predicted octanol–water partition coefficient (Wildman–Crippen LogP) is 1.31. The van der Waals surface area contributed by atoms with Crippen molar-refractivity contribution >= 4 is 5.82 Å². The van der Waals surface area contributed by atoms with Crippen LogP contribution in [0.3, 0.4) is 0 Å². The quantitative estimate of drug-likeness (QED) is 0.827. The van der Waals surface area contributed by atoms with Crippen molar-refractivity contribution in [2.75, 3.05) is 18.0 Å². The molecule has 1 saturated carbocycles. The summed E-state index contributed by atoms with van der Waals surface area (Å²) in [6.07, 6.45) is 3.88. The molecule has 1 saturated heterocycles. The van der Waals surface area contributed by atoms with E-state index in [0.29, 0.717) is 11.8 Å². The average molecular weight is 247 g/mol. The van der Waals surface area contributed by atoms with Crippen LogP contribution in [0, 0.1) is 11.8 Å². The van der Waals surface area contributed by atoms with Gasteiger partial charge in [-0.25, -0.2) is 4.98 Å². The molecule has 0 spiro atoms. The van der Waals surface area contributed by atoms with Gasteiger partial charge in [0.2, 0.25) is 0 Å². The van der Waals surface area contributed by atoms with Crippen molar-refractivity contribution < 1.29 is 5.11 Å². The summed E-state index contributed by atoms with van der Waals surface area (Å²) in [7, 11) is 0. The van der Waals surface area contributed by atoms with Gasteiger partial charge in [0, 0.05) is 31.2 Å². The minimum Gasteiger partial charge on any atom is -0.393 e. The molecule has 1 aliphatic heterocycles. The van der Waals surface area contributed by atoms with Crippen LogP contribution in [0.4, 0.5) is 5.82 Å². The van der Waals surface area contributed by atoms with Gasteiger partial charge in [-0.1, -0.05) is 6.07 Å². The topological polar surface area (TPSA) is 62.4 Å². The third-order valence-corrected chi connectivity index (χ3v) is 4.44. The summed E-state index contributed by atoms with van der Waals surface area (Å²) in [6, 6.07) is 4.13. The predicted molar refractivity (Wildman–Crippen MR) is 71.3 cm³/mol. The SMILES string of the molecule is C[C@@H](N)c1ccc(N2CC3CCC(O)C3C2)nc1. The van der Waals surface area contributed by atoms with Crippen LogP contribution >= 0.6 is 0 Å². The lowest BCUT2D eigenvalue weighted by atomic mass is 10.00. The van der Waals surface area contributed by atoms with Crippen molar-refractivity contribution in [2.24, 2.45) is 17.6 Å². The largest absolute Gasteiger partial charge is 0.393 e. The first kappa shape index (κ1) is 11.9. The second kappa shape index (κ2) is 4.52. The van der Waals surface area contributed by atoms with Crippen LogP contribution in [0.1, 0.15) is 31.4 Å². The van der Waals surface area contributed by atoms with E-state index in [0.717, 1.165) is 37.3 Å². The van der Waals surface area contributed by atoms with Gasteiger partial charge in [0.25, 0.3) is 0 Å². The summed E-state index contributed by atoms with van der Waals surface area (Å²) in [6.45, 7) is 3.94. The fourth-order valence-corrected chi connectivity index (χ4v) is 3.28. The van der Waals surface area contributed by atoms with Gasteiger partial charge < -0.3 is 15.7 Å². The van der Waals surface area contributed by atoms with Crippen molar-refractivity contribution in [1.29, 1.82) is 0 Å². The first-order valence-corrected chi connectivity index (χ1v) is 6.79. The molecule has 3 N–H and O–H groups in total. The highest BCUT2D eigenvalue weighted by atomic mass is 16.3. The van der Waals surface area contributed by atoms with Crippen molar-refractivity contribution in [2.45, 2.75) is 31.9 Å². The van der Waals surface area contributed by atoms with E-state index in [1.165, 1.54) is 0 Å². The maximum atomic E-state index is 9.92. The zero-order valence-electron chi connectivity index (χ0n) is 10.8. The van der Waals surface area contributed by atoms with E-state index >= 15 is 0 Å². The lowest BCUT2D eigenvalue weighted by molar-refractivity contribution is 0.133. The Labute approximate surface area is 108 Å². The molecule has 4 atom stereocenters. The Balaban J connectivity index is 1.73. The average Bonchev–Trinajstić information content (AvgIpc) is 2.92. The van der Waals surface area contributed by atoms with Gasteiger partial charge in [0.1, 0.15) is 5.82 Å². The van der Waals surface area contributed by atoms with Gasteiger partial charge >= 0.3 is 0 Å². The van der Waals surface area contributed by atoms with Crippen molar-refractivity contribution in [3.63, 3.8) is 0 Å². The number of pyridine rings is 1. The number of aliphatic hydroxyl groups is 1. The number of nitrogens with zero attached hydrogens (tertiary/aromatic N) is 2. The highest BCUT2D eigenvalue weighted by Crippen LogP contribution is 2.39. The number of hydrogen-bond donors (Lipinski definition) is 2. The molecule has 0 aromatic carbocycles. The van der Waals surface area contributed by atoms with Gasteiger partial charge in [-0.05, 0) is 37.3 Å². The van der Waals surface area contributed by atoms with E-state index in [4.69, 9.17) is 5.73 Å². The van der Waals surface area contributed by atoms with Crippen LogP contribution < -0.4 is 10.6 Å². The minimum atomic E-state index is -0.108. The molecule has 2 fully saturated rings. The van der Waals surface area contributed by atoms with Gasteiger partial charge in [-0.2, -0.15) is 0 Å². The molecule has 0 radical (unpaired) electrons. The Kier molecular flexibility index (Phi) is 2.99. The maximum Gasteiger partial charge on any atom is 0.128 e. The van der Waals surface area contributed by atoms with Crippen LogP contribution in [0.2, 0.25) is 0 Å². The molecule has 4 nitrogen and oxygen atoms in total. The number of aromatic nitrogens is 1. The summed E-state index contributed by atoms with van der Waals surface area (Å²) >= 11 is 0. The molecule has 2 heterocycles. The highest BCUT2D eigenvalue weighted by molar-refractivity contribution is 5.41. The third kappa shape index (κ3) is 1.99. The van der Waals surface area contributed by atoms with Crippen LogP contribution in [0.25, 0.3) is 0 Å². The molecule has 3 rings (SSSR count). The van der Waals surface area contributed by atoms with Gasteiger partial charge in [0.05, 0.1) is 6.10 Å². The molecule has 1 aromatic rings. The Morgan fingerprint density at radius 2 is 2.22 bits per heavy atom. The van der Waals surface area contributed by atoms with Crippen LogP contribution in [0.5, 0.6) is 0 Å². The molecular formula is C14H21N3O. The molecule has 3 unspecified atom stereocenters. The highest BCUT2D eigenvalue weighted by Gasteiger charge is 2.42. The molecule has 0 bridgehead atoms. The number of anilines is 1. The second-order valence-corrected chi connectivity index (χ2v) is 5.71. The number of aliphatic hydroxyl groups excluding tert-OH is 1. The summed E-state index contributed by atoms with van der Waals surface area (Å²) in [5, 5.41) is 9.92. The molecule has 4 heteroatoms. The van der Waals surface area contributed by atoms with Crippen LogP contribution in [-0.4, -0.2) is 29.3 Å². The smallest absolute Gasteiger partial charge is 0.128 e. The number of rotatable bonds is 2. The van der Waals surface area contributed by atoms with E-state index in [1.807, 2.05) is 19.2 Å². The Hall–Kier alpha value is -1.13. The molecule has 18 heavy (non-hydrogen) atoms. The monoisotopic (exact) mass is 247 g/mol. The van der Waals surface area contributed by atoms with Crippen molar-refractivity contribution in [3.05, 3.63) is 23.9 Å². The molecular weight excluding hydrogens is 226 g/mol. The van der Waals surface area contributed by atoms with Gasteiger partial charge in [-0.3, -0.25) is 0 Å². The molecule has 1 aromatic heterocycles. The Morgan fingerprint density at radius 1 is 1.39 bits per heavy atom. The zero-order valence-corrected chi connectivity index (χ0v) is 10.8. The standard InChI is InChI=1S/C14H21N3O/c1-9(15)10-3-5-14(16-6-10)17-7-11-2-4-13(18)12(11)8-17/h3,5-6,9,11-13,18H,2,4,7-8,15H2,1H3/t9-,11?,12?,13?/m1/s1.